The van der Waals surface area contributed by atoms with E-state index >= 15 is 0 Å². The predicted molar refractivity (Wildman–Crippen MR) is 127 cm³/mol. The standard InChI is InChI=1S/C24H37N3O7S/c1-3-33-15-34-17-12-19-20(13-17)22(29)27(2)11-7-5-4-6-8-16-14-24(16,25-21(19)28)23(30)26-35(31,32)18-9-10-18/h6,8,16-20H,3-5,7,9-15H2,1-2H3,(H,25,28)(H,26,30)/b8-6-/t16-,17+,19+,20+,24+/m0/s1. The molecule has 0 aromatic rings. The van der Waals surface area contributed by atoms with Gasteiger partial charge in [-0.2, -0.15) is 0 Å². The zero-order chi connectivity index (χ0) is 25.2. The lowest BCUT2D eigenvalue weighted by Gasteiger charge is -2.26. The maximum atomic E-state index is 13.5. The summed E-state index contributed by atoms with van der Waals surface area (Å²) in [5, 5.41) is 2.33. The van der Waals surface area contributed by atoms with Crippen LogP contribution in [0.3, 0.4) is 0 Å². The van der Waals surface area contributed by atoms with Crippen LogP contribution in [0.15, 0.2) is 12.2 Å². The van der Waals surface area contributed by atoms with Gasteiger partial charge in [0.25, 0.3) is 5.91 Å². The molecule has 5 atom stereocenters. The van der Waals surface area contributed by atoms with Crippen molar-refractivity contribution in [1.29, 1.82) is 0 Å². The Kier molecular flexibility index (Phi) is 7.87. The molecule has 0 aromatic heterocycles. The molecule has 4 aliphatic rings. The van der Waals surface area contributed by atoms with Crippen molar-refractivity contribution < 1.29 is 32.3 Å². The van der Waals surface area contributed by atoms with Gasteiger partial charge >= 0.3 is 0 Å². The van der Waals surface area contributed by atoms with Gasteiger partial charge in [0.2, 0.25) is 21.8 Å². The van der Waals surface area contributed by atoms with Crippen LogP contribution in [0.2, 0.25) is 0 Å². The number of amides is 3. The summed E-state index contributed by atoms with van der Waals surface area (Å²) in [4.78, 5) is 41.7. The van der Waals surface area contributed by atoms with Crippen LogP contribution in [-0.2, 0) is 33.9 Å². The van der Waals surface area contributed by atoms with Crippen LogP contribution in [0.4, 0.5) is 0 Å². The second kappa shape index (κ2) is 10.6. The number of ether oxygens (including phenoxy) is 2. The first-order chi connectivity index (χ1) is 16.7. The minimum absolute atomic E-state index is 0.0878. The van der Waals surface area contributed by atoms with Crippen LogP contribution in [0.1, 0.15) is 58.3 Å². The van der Waals surface area contributed by atoms with Gasteiger partial charge in [-0.1, -0.05) is 12.2 Å². The Bertz CT molecular complexity index is 964. The molecule has 35 heavy (non-hydrogen) atoms. The summed E-state index contributed by atoms with van der Waals surface area (Å²) in [6.07, 6.45) is 8.20. The number of nitrogens with zero attached hydrogens (tertiary/aromatic N) is 1. The van der Waals surface area contributed by atoms with Crippen LogP contribution in [-0.4, -0.2) is 74.9 Å². The first kappa shape index (κ1) is 26.1. The summed E-state index contributed by atoms with van der Waals surface area (Å²) in [6, 6.07) is 0. The van der Waals surface area contributed by atoms with Crippen molar-refractivity contribution in [1.82, 2.24) is 14.9 Å². The highest BCUT2D eigenvalue weighted by atomic mass is 32.2. The Hall–Kier alpha value is -1.98. The van der Waals surface area contributed by atoms with E-state index in [2.05, 4.69) is 10.0 Å². The molecule has 4 rings (SSSR count). The van der Waals surface area contributed by atoms with Gasteiger partial charge in [0.05, 0.1) is 23.2 Å². The van der Waals surface area contributed by atoms with Crippen molar-refractivity contribution in [2.24, 2.45) is 17.8 Å². The largest absolute Gasteiger partial charge is 0.356 e. The second-order valence-corrected chi connectivity index (χ2v) is 12.2. The Morgan fingerprint density at radius 3 is 2.69 bits per heavy atom. The molecule has 196 valence electrons. The quantitative estimate of drug-likeness (QED) is 0.297. The molecule has 3 aliphatic carbocycles. The maximum Gasteiger partial charge on any atom is 0.259 e. The van der Waals surface area contributed by atoms with E-state index in [1.807, 2.05) is 19.1 Å². The third-order valence-corrected chi connectivity index (χ3v) is 9.41. The summed E-state index contributed by atoms with van der Waals surface area (Å²) >= 11 is 0. The number of rotatable bonds is 7. The van der Waals surface area contributed by atoms with E-state index in [0.29, 0.717) is 45.3 Å². The summed E-state index contributed by atoms with van der Waals surface area (Å²) in [5.41, 5.74) is -1.32. The van der Waals surface area contributed by atoms with Crippen molar-refractivity contribution in [2.45, 2.75) is 75.2 Å². The van der Waals surface area contributed by atoms with Crippen LogP contribution < -0.4 is 10.0 Å². The van der Waals surface area contributed by atoms with E-state index in [0.717, 1.165) is 19.3 Å². The van der Waals surface area contributed by atoms with Crippen molar-refractivity contribution >= 4 is 27.7 Å². The van der Waals surface area contributed by atoms with Crippen molar-refractivity contribution in [3.05, 3.63) is 12.2 Å². The fourth-order valence-corrected chi connectivity index (χ4v) is 6.52. The van der Waals surface area contributed by atoms with E-state index < -0.39 is 44.5 Å². The number of carbonyl (C=O) groups is 3. The Morgan fingerprint density at radius 1 is 1.23 bits per heavy atom. The van der Waals surface area contributed by atoms with Crippen molar-refractivity contribution in [3.8, 4) is 0 Å². The molecule has 0 bridgehead atoms. The number of allylic oxidation sites excluding steroid dienone is 1. The third-order valence-electron chi connectivity index (χ3n) is 7.59. The third kappa shape index (κ3) is 5.89. The van der Waals surface area contributed by atoms with Gasteiger partial charge < -0.3 is 19.7 Å². The maximum absolute atomic E-state index is 13.5. The fourth-order valence-electron chi connectivity index (χ4n) is 5.16. The van der Waals surface area contributed by atoms with E-state index in [1.54, 1.807) is 11.9 Å². The van der Waals surface area contributed by atoms with Gasteiger partial charge in [-0.3, -0.25) is 19.1 Å². The van der Waals surface area contributed by atoms with Crippen LogP contribution in [0.25, 0.3) is 0 Å². The van der Waals surface area contributed by atoms with E-state index in [9.17, 15) is 22.8 Å². The average Bonchev–Trinajstić information content (AvgIpc) is 3.73. The number of carbonyl (C=O) groups excluding carboxylic acids is 3. The van der Waals surface area contributed by atoms with Gasteiger partial charge in [0.15, 0.2) is 0 Å². The zero-order valence-corrected chi connectivity index (χ0v) is 21.3. The van der Waals surface area contributed by atoms with Crippen molar-refractivity contribution in [2.75, 3.05) is 27.0 Å². The number of nitrogens with one attached hydrogen (secondary N) is 2. The Balaban J connectivity index is 1.56. The summed E-state index contributed by atoms with van der Waals surface area (Å²) in [6.45, 7) is 3.05. The lowest BCUT2D eigenvalue weighted by atomic mass is 9.93. The summed E-state index contributed by atoms with van der Waals surface area (Å²) in [5.74, 6) is -2.74. The fraction of sp³-hybridized carbons (Fsp3) is 0.792. The first-order valence-corrected chi connectivity index (χ1v) is 14.2. The lowest BCUT2D eigenvalue weighted by molar-refractivity contribution is -0.140. The highest BCUT2D eigenvalue weighted by Gasteiger charge is 2.62. The first-order valence-electron chi connectivity index (χ1n) is 12.7. The van der Waals surface area contributed by atoms with Crippen LogP contribution in [0.5, 0.6) is 0 Å². The SMILES string of the molecule is CCOCO[C@@H]1C[C@H]2C(=O)N[C@]3(C(=O)NS(=O)(=O)C4CC4)C[C@@H]3/C=C\CCCCN(C)C(=O)[C@@H]2C1. The molecule has 3 fully saturated rings. The number of sulfonamides is 1. The second-order valence-electron chi connectivity index (χ2n) is 10.2. The molecule has 11 heteroatoms. The van der Waals surface area contributed by atoms with E-state index in [-0.39, 0.29) is 24.7 Å². The zero-order valence-electron chi connectivity index (χ0n) is 20.5. The Labute approximate surface area is 207 Å². The van der Waals surface area contributed by atoms with Gasteiger partial charge in [-0.15, -0.1) is 0 Å². The molecule has 1 heterocycles. The predicted octanol–water partition coefficient (Wildman–Crippen LogP) is 1.07. The monoisotopic (exact) mass is 511 g/mol. The number of hydrogen-bond acceptors (Lipinski definition) is 7. The topological polar surface area (TPSA) is 131 Å². The lowest BCUT2D eigenvalue weighted by Crippen LogP contribution is -2.54. The number of fused-ring (bicyclic) bond motifs is 2. The van der Waals surface area contributed by atoms with Crippen LogP contribution >= 0.6 is 0 Å². The van der Waals surface area contributed by atoms with Gasteiger partial charge in [0.1, 0.15) is 12.3 Å². The smallest absolute Gasteiger partial charge is 0.259 e. The molecule has 0 unspecified atom stereocenters. The minimum Gasteiger partial charge on any atom is -0.356 e. The van der Waals surface area contributed by atoms with E-state index in [1.165, 1.54) is 0 Å². The molecule has 3 amide bonds. The highest BCUT2D eigenvalue weighted by Crippen LogP contribution is 2.47. The highest BCUT2D eigenvalue weighted by molar-refractivity contribution is 7.91. The molecular formula is C24H37N3O7S. The molecule has 0 saturated heterocycles. The molecule has 1 aliphatic heterocycles. The molecule has 0 radical (unpaired) electrons. The molecule has 0 aromatic carbocycles. The summed E-state index contributed by atoms with van der Waals surface area (Å²) in [7, 11) is -2.00. The normalized spacial score (nSPS) is 34.9. The van der Waals surface area contributed by atoms with Gasteiger partial charge in [-0.25, -0.2) is 8.42 Å². The van der Waals surface area contributed by atoms with Crippen LogP contribution in [0, 0.1) is 17.8 Å². The molecule has 2 N–H and O–H groups in total. The van der Waals surface area contributed by atoms with Crippen molar-refractivity contribution in [3.63, 3.8) is 0 Å². The van der Waals surface area contributed by atoms with Gasteiger partial charge in [-0.05, 0) is 58.3 Å². The van der Waals surface area contributed by atoms with E-state index in [4.69, 9.17) is 9.47 Å². The average molecular weight is 512 g/mol. The molecule has 10 nitrogen and oxygen atoms in total. The number of hydrogen-bond donors (Lipinski definition) is 2. The summed E-state index contributed by atoms with van der Waals surface area (Å²) < 4.78 is 38.1. The Morgan fingerprint density at radius 2 is 1.97 bits per heavy atom. The molecule has 0 spiro atoms. The molecular weight excluding hydrogens is 474 g/mol. The minimum atomic E-state index is -3.75. The van der Waals surface area contributed by atoms with Gasteiger partial charge in [0, 0.05) is 26.1 Å². The molecule has 3 saturated carbocycles.